The van der Waals surface area contributed by atoms with Crippen LogP contribution in [0.15, 0.2) is 77.7 Å². The summed E-state index contributed by atoms with van der Waals surface area (Å²) in [6.45, 7) is 4.29. The molecule has 0 unspecified atom stereocenters. The molecule has 0 aromatic heterocycles. The van der Waals surface area contributed by atoms with Crippen molar-refractivity contribution in [1.29, 1.82) is 0 Å². The lowest BCUT2D eigenvalue weighted by molar-refractivity contribution is 0.102. The van der Waals surface area contributed by atoms with Gasteiger partial charge in [-0.05, 0) is 68.4 Å². The average molecular weight is 410 g/mol. The highest BCUT2D eigenvalue weighted by atomic mass is 32.2. The maximum absolute atomic E-state index is 12.5. The van der Waals surface area contributed by atoms with Crippen LogP contribution >= 0.6 is 0 Å². The third-order valence-corrected chi connectivity index (χ3v) is 5.53. The molecule has 0 aliphatic rings. The molecule has 3 aromatic carbocycles. The van der Waals surface area contributed by atoms with Gasteiger partial charge in [-0.1, -0.05) is 23.8 Å². The Morgan fingerprint density at radius 3 is 2.24 bits per heavy atom. The molecule has 7 heteroatoms. The Labute approximate surface area is 170 Å². The Morgan fingerprint density at radius 1 is 0.931 bits per heavy atom. The molecule has 0 radical (unpaired) electrons. The molecule has 0 aliphatic heterocycles. The van der Waals surface area contributed by atoms with Gasteiger partial charge in [-0.25, -0.2) is 8.42 Å². The minimum Gasteiger partial charge on any atom is -0.494 e. The molecule has 2 N–H and O–H groups in total. The van der Waals surface area contributed by atoms with E-state index in [1.54, 1.807) is 72.8 Å². The van der Waals surface area contributed by atoms with Gasteiger partial charge in [0.05, 0.1) is 11.5 Å². The molecule has 1 amide bonds. The van der Waals surface area contributed by atoms with Gasteiger partial charge in [0.15, 0.2) is 0 Å². The number of carbonyl (C=O) groups excluding carboxylic acids is 1. The first kappa shape index (κ1) is 20.4. The molecule has 0 heterocycles. The molecule has 0 atom stereocenters. The van der Waals surface area contributed by atoms with E-state index in [-0.39, 0.29) is 10.8 Å². The van der Waals surface area contributed by atoms with Gasteiger partial charge in [0, 0.05) is 16.9 Å². The van der Waals surface area contributed by atoms with E-state index in [2.05, 4.69) is 10.0 Å². The molecular weight excluding hydrogens is 388 g/mol. The summed E-state index contributed by atoms with van der Waals surface area (Å²) in [6, 6.07) is 20.0. The molecule has 6 nitrogen and oxygen atoms in total. The predicted molar refractivity (Wildman–Crippen MR) is 114 cm³/mol. The monoisotopic (exact) mass is 410 g/mol. The number of amides is 1. The van der Waals surface area contributed by atoms with Crippen molar-refractivity contribution in [2.75, 3.05) is 16.6 Å². The van der Waals surface area contributed by atoms with Gasteiger partial charge in [0.1, 0.15) is 5.75 Å². The fourth-order valence-corrected chi connectivity index (χ4v) is 3.71. The lowest BCUT2D eigenvalue weighted by Crippen LogP contribution is -2.14. The molecule has 150 valence electrons. The zero-order valence-corrected chi connectivity index (χ0v) is 17.0. The summed E-state index contributed by atoms with van der Waals surface area (Å²) in [4.78, 5) is 12.6. The van der Waals surface area contributed by atoms with E-state index >= 15 is 0 Å². The van der Waals surface area contributed by atoms with Crippen molar-refractivity contribution in [2.45, 2.75) is 18.7 Å². The minimum atomic E-state index is -3.67. The molecule has 0 saturated carbocycles. The number of rotatable bonds is 7. The third kappa shape index (κ3) is 5.36. The number of benzene rings is 3. The van der Waals surface area contributed by atoms with E-state index in [1.165, 1.54) is 0 Å². The quantitative estimate of drug-likeness (QED) is 0.603. The normalized spacial score (nSPS) is 11.0. The summed E-state index contributed by atoms with van der Waals surface area (Å²) in [6.07, 6.45) is 0. The summed E-state index contributed by atoms with van der Waals surface area (Å²) in [5.41, 5.74) is 2.41. The zero-order chi connectivity index (χ0) is 20.9. The lowest BCUT2D eigenvalue weighted by Gasteiger charge is -2.10. The number of carbonyl (C=O) groups is 1. The summed E-state index contributed by atoms with van der Waals surface area (Å²) >= 11 is 0. The molecule has 0 fully saturated rings. The van der Waals surface area contributed by atoms with Crippen LogP contribution in [0.5, 0.6) is 5.75 Å². The van der Waals surface area contributed by atoms with Crippen LogP contribution in [0.3, 0.4) is 0 Å². The number of hydrogen-bond acceptors (Lipinski definition) is 4. The molecule has 0 spiro atoms. The van der Waals surface area contributed by atoms with Crippen molar-refractivity contribution in [3.8, 4) is 5.75 Å². The Kier molecular flexibility index (Phi) is 6.19. The van der Waals surface area contributed by atoms with Gasteiger partial charge in [-0.2, -0.15) is 0 Å². The third-order valence-electron chi connectivity index (χ3n) is 4.13. The van der Waals surface area contributed by atoms with E-state index < -0.39 is 10.0 Å². The van der Waals surface area contributed by atoms with Crippen LogP contribution < -0.4 is 14.8 Å². The van der Waals surface area contributed by atoms with E-state index in [0.717, 1.165) is 5.56 Å². The number of nitrogens with one attached hydrogen (secondary N) is 2. The summed E-state index contributed by atoms with van der Waals surface area (Å²) < 4.78 is 32.8. The largest absolute Gasteiger partial charge is 0.494 e. The van der Waals surface area contributed by atoms with Crippen LogP contribution in [-0.2, 0) is 10.0 Å². The van der Waals surface area contributed by atoms with E-state index in [1.807, 2.05) is 13.8 Å². The average Bonchev–Trinajstić information content (AvgIpc) is 2.70. The SMILES string of the molecule is CCOc1cccc(C(=O)Nc2ccc(NS(=O)(=O)c3ccc(C)cc3)cc2)c1. The van der Waals surface area contributed by atoms with Crippen LogP contribution in [0.1, 0.15) is 22.8 Å². The van der Waals surface area contributed by atoms with Gasteiger partial charge in [-0.3, -0.25) is 9.52 Å². The summed E-state index contributed by atoms with van der Waals surface area (Å²) in [5, 5.41) is 2.78. The first-order valence-electron chi connectivity index (χ1n) is 9.11. The Bertz CT molecular complexity index is 1090. The van der Waals surface area contributed by atoms with Gasteiger partial charge in [0.25, 0.3) is 15.9 Å². The minimum absolute atomic E-state index is 0.189. The number of ether oxygens (including phenoxy) is 1. The first-order valence-corrected chi connectivity index (χ1v) is 10.6. The fraction of sp³-hybridized carbons (Fsp3) is 0.136. The second-order valence-electron chi connectivity index (χ2n) is 6.41. The van der Waals surface area contributed by atoms with Gasteiger partial charge in [-0.15, -0.1) is 0 Å². The van der Waals surface area contributed by atoms with Crippen LogP contribution in [0, 0.1) is 6.92 Å². The standard InChI is InChI=1S/C22H22N2O4S/c1-3-28-20-6-4-5-17(15-20)22(25)23-18-9-11-19(12-10-18)24-29(26,27)21-13-7-16(2)8-14-21/h4-15,24H,3H2,1-2H3,(H,23,25). The Morgan fingerprint density at radius 2 is 1.59 bits per heavy atom. The van der Waals surface area contributed by atoms with Gasteiger partial charge < -0.3 is 10.1 Å². The summed E-state index contributed by atoms with van der Waals surface area (Å²) in [7, 11) is -3.67. The highest BCUT2D eigenvalue weighted by Crippen LogP contribution is 2.20. The van der Waals surface area contributed by atoms with Crippen molar-refractivity contribution >= 4 is 27.3 Å². The zero-order valence-electron chi connectivity index (χ0n) is 16.2. The van der Waals surface area contributed by atoms with Crippen molar-refractivity contribution in [2.24, 2.45) is 0 Å². The molecule has 29 heavy (non-hydrogen) atoms. The molecule has 3 rings (SSSR count). The van der Waals surface area contributed by atoms with Crippen LogP contribution in [0.25, 0.3) is 0 Å². The van der Waals surface area contributed by atoms with Gasteiger partial charge >= 0.3 is 0 Å². The van der Waals surface area contributed by atoms with E-state index in [0.29, 0.717) is 29.3 Å². The van der Waals surface area contributed by atoms with E-state index in [9.17, 15) is 13.2 Å². The first-order chi connectivity index (χ1) is 13.9. The number of hydrogen-bond donors (Lipinski definition) is 2. The lowest BCUT2D eigenvalue weighted by atomic mass is 10.2. The molecule has 3 aromatic rings. The number of anilines is 2. The highest BCUT2D eigenvalue weighted by molar-refractivity contribution is 7.92. The van der Waals surface area contributed by atoms with Crippen molar-refractivity contribution in [3.05, 3.63) is 83.9 Å². The van der Waals surface area contributed by atoms with Crippen LogP contribution in [0.4, 0.5) is 11.4 Å². The Balaban J connectivity index is 1.68. The van der Waals surface area contributed by atoms with Crippen molar-refractivity contribution in [1.82, 2.24) is 0 Å². The topological polar surface area (TPSA) is 84.5 Å². The molecule has 0 saturated heterocycles. The Hall–Kier alpha value is -3.32. The molecule has 0 bridgehead atoms. The van der Waals surface area contributed by atoms with Crippen LogP contribution in [-0.4, -0.2) is 20.9 Å². The highest BCUT2D eigenvalue weighted by Gasteiger charge is 2.14. The predicted octanol–water partition coefficient (Wildman–Crippen LogP) is 4.45. The number of aryl methyl sites for hydroxylation is 1. The van der Waals surface area contributed by atoms with E-state index in [4.69, 9.17) is 4.74 Å². The van der Waals surface area contributed by atoms with Crippen LogP contribution in [0.2, 0.25) is 0 Å². The molecule has 0 aliphatic carbocycles. The number of sulfonamides is 1. The fourth-order valence-electron chi connectivity index (χ4n) is 2.65. The molecular formula is C22H22N2O4S. The smallest absolute Gasteiger partial charge is 0.261 e. The van der Waals surface area contributed by atoms with Crippen molar-refractivity contribution < 1.29 is 17.9 Å². The van der Waals surface area contributed by atoms with Gasteiger partial charge in [0.2, 0.25) is 0 Å². The summed E-state index contributed by atoms with van der Waals surface area (Å²) in [5.74, 6) is 0.348. The maximum Gasteiger partial charge on any atom is 0.261 e. The second kappa shape index (κ2) is 8.79. The van der Waals surface area contributed by atoms with Crippen molar-refractivity contribution in [3.63, 3.8) is 0 Å². The second-order valence-corrected chi connectivity index (χ2v) is 8.09. The maximum atomic E-state index is 12.5.